The van der Waals surface area contributed by atoms with Gasteiger partial charge in [0.2, 0.25) is 0 Å². The first kappa shape index (κ1) is 24.7. The summed E-state index contributed by atoms with van der Waals surface area (Å²) in [6, 6.07) is 8.25. The molecule has 2 saturated heterocycles. The Bertz CT molecular complexity index is 1200. The lowest BCUT2D eigenvalue weighted by Crippen LogP contribution is -2.58. The van der Waals surface area contributed by atoms with Crippen LogP contribution in [0, 0.1) is 16.7 Å². The summed E-state index contributed by atoms with van der Waals surface area (Å²) in [4.78, 5) is 44.2. The lowest BCUT2D eigenvalue weighted by molar-refractivity contribution is -0.137. The average Bonchev–Trinajstić information content (AvgIpc) is 2.88. The molecular formula is C29H38N4O4. The Kier molecular flexibility index (Phi) is 6.86. The van der Waals surface area contributed by atoms with Crippen LogP contribution in [0.3, 0.4) is 0 Å². The van der Waals surface area contributed by atoms with Crippen LogP contribution in [0.1, 0.15) is 101 Å². The fraction of sp³-hybridized carbons (Fsp3) is 0.690. The molecule has 2 aliphatic carbocycles. The molecule has 0 spiro atoms. The average molecular weight is 507 g/mol. The molecule has 3 heterocycles. The van der Waals surface area contributed by atoms with Gasteiger partial charge in [0, 0.05) is 30.6 Å². The second-order valence-electron chi connectivity index (χ2n) is 12.0. The van der Waals surface area contributed by atoms with Gasteiger partial charge in [-0.05, 0) is 75.3 Å². The smallest absolute Gasteiger partial charge is 0.303 e. The second-order valence-corrected chi connectivity index (χ2v) is 12.0. The van der Waals surface area contributed by atoms with Crippen LogP contribution in [0.4, 0.5) is 0 Å². The number of nitroso groups, excluding NO2 is 1. The Balaban J connectivity index is 1.33. The van der Waals surface area contributed by atoms with Crippen molar-refractivity contribution in [3.8, 4) is 0 Å². The first-order valence-electron chi connectivity index (χ1n) is 14.3. The normalized spacial score (nSPS) is 32.6. The molecule has 6 atom stereocenters. The van der Waals surface area contributed by atoms with Crippen molar-refractivity contribution < 1.29 is 9.90 Å². The Morgan fingerprint density at radius 3 is 2.30 bits per heavy atom. The van der Waals surface area contributed by atoms with Gasteiger partial charge in [-0.1, -0.05) is 43.0 Å². The van der Waals surface area contributed by atoms with Crippen molar-refractivity contribution in [2.45, 2.75) is 114 Å². The summed E-state index contributed by atoms with van der Waals surface area (Å²) in [7, 11) is 0. The van der Waals surface area contributed by atoms with Gasteiger partial charge in [-0.25, -0.2) is 4.98 Å². The van der Waals surface area contributed by atoms with E-state index in [9.17, 15) is 14.5 Å². The Hall–Kier alpha value is -2.61. The standard InChI is InChI=1S/C29H38N4O4/c34-27(35)12-11-25(31-37)28-29(36)33(26-10-2-1-9-24(26)30-28)23-16-20-7-4-8-21(17-23)32(20)22-14-18-5-3-6-19(13-18)15-22/h1-2,9-10,18-23,25H,3-8,11-17H2,(H,34,35)/t18?,19?,20-,21+,22?,23?,25?. The monoisotopic (exact) mass is 506 g/mol. The number of aromatic nitrogens is 2. The van der Waals surface area contributed by atoms with Crippen LogP contribution in [0.2, 0.25) is 0 Å². The molecule has 2 aliphatic heterocycles. The molecule has 1 aromatic carbocycles. The van der Waals surface area contributed by atoms with E-state index in [2.05, 4.69) is 15.1 Å². The van der Waals surface area contributed by atoms with Gasteiger partial charge in [-0.3, -0.25) is 14.5 Å². The number of benzene rings is 1. The molecule has 1 aromatic heterocycles. The van der Waals surface area contributed by atoms with E-state index in [4.69, 9.17) is 5.11 Å². The number of hydrogen-bond donors (Lipinski definition) is 1. The SMILES string of the molecule is O=NC(CCC(=O)O)c1nc2ccccc2n(C2C[C@H]3CCC[C@@H](C2)N3C2CC3CCCC(C3)C2)c1=O. The molecule has 2 saturated carbocycles. The van der Waals surface area contributed by atoms with Crippen molar-refractivity contribution in [3.63, 3.8) is 0 Å². The lowest BCUT2D eigenvalue weighted by Gasteiger charge is -2.55. The number of rotatable bonds is 7. The van der Waals surface area contributed by atoms with Gasteiger partial charge in [0.1, 0.15) is 11.7 Å². The van der Waals surface area contributed by atoms with Crippen molar-refractivity contribution in [1.29, 1.82) is 0 Å². The fourth-order valence-corrected chi connectivity index (χ4v) is 8.39. The molecule has 0 amide bonds. The third kappa shape index (κ3) is 4.73. The number of para-hydroxylation sites is 2. The molecule has 1 N–H and O–H groups in total. The summed E-state index contributed by atoms with van der Waals surface area (Å²) in [5.41, 5.74) is 1.26. The minimum absolute atomic E-state index is 0.0207. The number of nitrogens with zero attached hydrogens (tertiary/aromatic N) is 4. The number of carboxylic acids is 1. The quantitative estimate of drug-likeness (QED) is 0.491. The van der Waals surface area contributed by atoms with Crippen LogP contribution >= 0.6 is 0 Å². The number of hydrogen-bond acceptors (Lipinski definition) is 6. The lowest BCUT2D eigenvalue weighted by atomic mass is 9.68. The number of carbonyl (C=O) groups is 1. The summed E-state index contributed by atoms with van der Waals surface area (Å²) < 4.78 is 1.88. The predicted octanol–water partition coefficient (Wildman–Crippen LogP) is 5.60. The highest BCUT2D eigenvalue weighted by Gasteiger charge is 2.45. The molecule has 8 heteroatoms. The zero-order valence-electron chi connectivity index (χ0n) is 21.5. The topological polar surface area (TPSA) is 105 Å². The Labute approximate surface area is 217 Å². The maximum Gasteiger partial charge on any atom is 0.303 e. The van der Waals surface area contributed by atoms with E-state index >= 15 is 0 Å². The van der Waals surface area contributed by atoms with E-state index in [-0.39, 0.29) is 30.1 Å². The Morgan fingerprint density at radius 1 is 0.946 bits per heavy atom. The molecule has 8 nitrogen and oxygen atoms in total. The highest BCUT2D eigenvalue weighted by molar-refractivity contribution is 5.75. The van der Waals surface area contributed by atoms with E-state index in [0.717, 1.165) is 30.2 Å². The molecule has 198 valence electrons. The molecule has 4 bridgehead atoms. The fourth-order valence-electron chi connectivity index (χ4n) is 8.39. The van der Waals surface area contributed by atoms with E-state index < -0.39 is 12.0 Å². The van der Waals surface area contributed by atoms with Gasteiger partial charge in [-0.15, -0.1) is 0 Å². The van der Waals surface area contributed by atoms with Crippen LogP contribution in [-0.2, 0) is 4.79 Å². The Morgan fingerprint density at radius 2 is 1.62 bits per heavy atom. The van der Waals surface area contributed by atoms with E-state index in [0.29, 0.717) is 23.6 Å². The number of carboxylic acid groups (broad SMARTS) is 1. The van der Waals surface area contributed by atoms with E-state index in [1.807, 2.05) is 28.8 Å². The van der Waals surface area contributed by atoms with Gasteiger partial charge in [0.15, 0.2) is 0 Å². The molecule has 0 radical (unpaired) electrons. The van der Waals surface area contributed by atoms with Gasteiger partial charge in [0.05, 0.1) is 11.0 Å². The number of aliphatic carboxylic acids is 1. The van der Waals surface area contributed by atoms with Crippen molar-refractivity contribution >= 4 is 17.0 Å². The van der Waals surface area contributed by atoms with Crippen molar-refractivity contribution in [2.75, 3.05) is 0 Å². The van der Waals surface area contributed by atoms with Crippen LogP contribution < -0.4 is 5.56 Å². The molecule has 6 rings (SSSR count). The summed E-state index contributed by atoms with van der Waals surface area (Å²) in [6.07, 6.45) is 13.5. The highest BCUT2D eigenvalue weighted by atomic mass is 16.4. The van der Waals surface area contributed by atoms with Crippen LogP contribution in [-0.4, -0.2) is 43.7 Å². The van der Waals surface area contributed by atoms with Gasteiger partial charge in [-0.2, -0.15) is 4.91 Å². The third-order valence-corrected chi connectivity index (χ3v) is 9.79. The van der Waals surface area contributed by atoms with E-state index in [1.165, 1.54) is 57.8 Å². The largest absolute Gasteiger partial charge is 0.481 e. The molecule has 2 aromatic rings. The van der Waals surface area contributed by atoms with Crippen LogP contribution in [0.5, 0.6) is 0 Å². The van der Waals surface area contributed by atoms with Crippen molar-refractivity contribution in [2.24, 2.45) is 17.0 Å². The number of fused-ring (bicyclic) bond motifs is 5. The van der Waals surface area contributed by atoms with Crippen LogP contribution in [0.15, 0.2) is 34.2 Å². The first-order valence-corrected chi connectivity index (χ1v) is 14.3. The minimum Gasteiger partial charge on any atom is -0.481 e. The summed E-state index contributed by atoms with van der Waals surface area (Å²) in [5.74, 6) is 0.773. The molecule has 4 unspecified atom stereocenters. The van der Waals surface area contributed by atoms with Crippen molar-refractivity contribution in [3.05, 3.63) is 45.2 Å². The van der Waals surface area contributed by atoms with Crippen LogP contribution in [0.25, 0.3) is 11.0 Å². The van der Waals surface area contributed by atoms with Gasteiger partial charge >= 0.3 is 5.97 Å². The van der Waals surface area contributed by atoms with Gasteiger partial charge in [0.25, 0.3) is 5.56 Å². The molecule has 4 aliphatic rings. The van der Waals surface area contributed by atoms with Gasteiger partial charge < -0.3 is 9.67 Å². The third-order valence-electron chi connectivity index (χ3n) is 9.79. The second kappa shape index (κ2) is 10.3. The highest BCUT2D eigenvalue weighted by Crippen LogP contribution is 2.47. The maximum atomic E-state index is 13.9. The van der Waals surface area contributed by atoms with Crippen molar-refractivity contribution in [1.82, 2.24) is 14.5 Å². The first-order chi connectivity index (χ1) is 18.0. The summed E-state index contributed by atoms with van der Waals surface area (Å²) in [5, 5.41) is 12.3. The molecular weight excluding hydrogens is 468 g/mol. The predicted molar refractivity (Wildman–Crippen MR) is 141 cm³/mol. The summed E-state index contributed by atoms with van der Waals surface area (Å²) in [6.45, 7) is 0. The molecule has 4 fully saturated rings. The maximum absolute atomic E-state index is 13.9. The molecule has 37 heavy (non-hydrogen) atoms. The number of piperidine rings is 2. The summed E-state index contributed by atoms with van der Waals surface area (Å²) >= 11 is 0. The zero-order valence-corrected chi connectivity index (χ0v) is 21.5. The van der Waals surface area contributed by atoms with E-state index in [1.54, 1.807) is 0 Å². The zero-order chi connectivity index (χ0) is 25.5. The minimum atomic E-state index is -1.05.